The highest BCUT2D eigenvalue weighted by Gasteiger charge is 2.42. The van der Waals surface area contributed by atoms with E-state index in [1.807, 2.05) is 24.3 Å². The number of nitrogens with zero attached hydrogens (tertiary/aromatic N) is 2. The number of aliphatic hydroxyl groups excluding tert-OH is 1. The van der Waals surface area contributed by atoms with Gasteiger partial charge in [0.05, 0.1) is 18.7 Å². The van der Waals surface area contributed by atoms with E-state index in [1.54, 1.807) is 13.3 Å². The van der Waals surface area contributed by atoms with Gasteiger partial charge in [0.25, 0.3) is 0 Å². The normalized spacial score (nSPS) is 29.0. The third-order valence-electron chi connectivity index (χ3n) is 5.82. The Morgan fingerprint density at radius 2 is 2.24 bits per heavy atom. The Morgan fingerprint density at radius 3 is 2.92 bits per heavy atom. The van der Waals surface area contributed by atoms with Crippen molar-refractivity contribution in [1.29, 1.82) is 0 Å². The van der Waals surface area contributed by atoms with Crippen LogP contribution in [0.1, 0.15) is 24.5 Å². The zero-order valence-corrected chi connectivity index (χ0v) is 15.2. The minimum absolute atomic E-state index is 0. The molecule has 5 unspecified atom stereocenters. The van der Waals surface area contributed by atoms with Crippen LogP contribution in [0, 0.1) is 11.8 Å². The molecule has 0 radical (unpaired) electrons. The maximum absolute atomic E-state index is 11.2. The van der Waals surface area contributed by atoms with Crippen molar-refractivity contribution in [2.75, 3.05) is 20.2 Å². The third-order valence-corrected chi connectivity index (χ3v) is 5.82. The smallest absolute Gasteiger partial charge is 0.119 e. The van der Waals surface area contributed by atoms with Gasteiger partial charge in [-0.2, -0.15) is 0 Å². The molecule has 5 rings (SSSR count). The summed E-state index contributed by atoms with van der Waals surface area (Å²) >= 11 is 0. The SMILES string of the molecule is C=CC1CN2CCC1CC2C(O)c1ccnc2ccc(OC)cc12.[Cl-]. The van der Waals surface area contributed by atoms with Crippen molar-refractivity contribution in [3.63, 3.8) is 0 Å². The molecule has 1 N–H and O–H groups in total. The van der Waals surface area contributed by atoms with Gasteiger partial charge in [0.1, 0.15) is 5.75 Å². The summed E-state index contributed by atoms with van der Waals surface area (Å²) in [5, 5.41) is 12.1. The zero-order valence-electron chi connectivity index (χ0n) is 14.4. The first-order valence-electron chi connectivity index (χ1n) is 8.68. The average molecular weight is 360 g/mol. The number of hydrogen-bond acceptors (Lipinski definition) is 4. The van der Waals surface area contributed by atoms with E-state index in [2.05, 4.69) is 22.5 Å². The summed E-state index contributed by atoms with van der Waals surface area (Å²) in [6, 6.07) is 7.96. The van der Waals surface area contributed by atoms with Gasteiger partial charge in [-0.1, -0.05) is 6.08 Å². The molecule has 1 aromatic heterocycles. The van der Waals surface area contributed by atoms with Crippen LogP contribution in [0.25, 0.3) is 10.9 Å². The van der Waals surface area contributed by atoms with Gasteiger partial charge in [-0.25, -0.2) is 0 Å². The Balaban J connectivity index is 0.00000182. The lowest BCUT2D eigenvalue weighted by Crippen LogP contribution is -3.00. The van der Waals surface area contributed by atoms with Gasteiger partial charge in [0.2, 0.25) is 0 Å². The standard InChI is InChI=1S/C20H24N2O2.ClH/c1-3-13-12-22-9-7-14(13)10-19(22)20(23)16-6-8-21-18-5-4-15(24-2)11-17(16)18;/h3-6,8,11,13-14,19-20,23H,1,7,9-10,12H2,2H3;1H/p-1. The van der Waals surface area contributed by atoms with Crippen LogP contribution in [0.2, 0.25) is 0 Å². The van der Waals surface area contributed by atoms with Gasteiger partial charge < -0.3 is 22.3 Å². The van der Waals surface area contributed by atoms with Crippen molar-refractivity contribution in [2.45, 2.75) is 25.0 Å². The fourth-order valence-electron chi connectivity index (χ4n) is 4.44. The summed E-state index contributed by atoms with van der Waals surface area (Å²) < 4.78 is 5.35. The minimum Gasteiger partial charge on any atom is -1.00 e. The van der Waals surface area contributed by atoms with Crippen LogP contribution in [0.4, 0.5) is 0 Å². The Morgan fingerprint density at radius 1 is 1.40 bits per heavy atom. The lowest BCUT2D eigenvalue weighted by Gasteiger charge is -2.50. The maximum atomic E-state index is 11.2. The summed E-state index contributed by atoms with van der Waals surface area (Å²) in [5.74, 6) is 2.01. The quantitative estimate of drug-likeness (QED) is 0.791. The Labute approximate surface area is 154 Å². The molecule has 1 aromatic carbocycles. The molecule has 3 fully saturated rings. The molecule has 5 atom stereocenters. The molecule has 0 saturated carbocycles. The van der Waals surface area contributed by atoms with E-state index in [0.717, 1.165) is 41.7 Å². The highest BCUT2D eigenvalue weighted by Crippen LogP contribution is 2.42. The Hall–Kier alpha value is -1.62. The largest absolute Gasteiger partial charge is 1.00 e. The third kappa shape index (κ3) is 3.14. The summed E-state index contributed by atoms with van der Waals surface area (Å²) in [6.07, 6.45) is 5.62. The van der Waals surface area contributed by atoms with E-state index in [1.165, 1.54) is 6.42 Å². The van der Waals surface area contributed by atoms with Gasteiger partial charge >= 0.3 is 0 Å². The number of halogens is 1. The lowest BCUT2D eigenvalue weighted by atomic mass is 9.73. The van der Waals surface area contributed by atoms with Crippen LogP contribution in [-0.2, 0) is 0 Å². The highest BCUT2D eigenvalue weighted by atomic mass is 35.5. The number of fused-ring (bicyclic) bond motifs is 4. The Kier molecular flexibility index (Phi) is 5.32. The van der Waals surface area contributed by atoms with E-state index in [9.17, 15) is 5.11 Å². The number of piperidine rings is 3. The van der Waals surface area contributed by atoms with E-state index in [4.69, 9.17) is 4.74 Å². The van der Waals surface area contributed by atoms with Gasteiger partial charge in [0.15, 0.2) is 0 Å². The monoisotopic (exact) mass is 359 g/mol. The number of hydrogen-bond donors (Lipinski definition) is 1. The predicted molar refractivity (Wildman–Crippen MR) is 95.0 cm³/mol. The van der Waals surface area contributed by atoms with E-state index >= 15 is 0 Å². The fraction of sp³-hybridized carbons (Fsp3) is 0.450. The second-order valence-corrected chi connectivity index (χ2v) is 6.97. The van der Waals surface area contributed by atoms with Crippen LogP contribution >= 0.6 is 0 Å². The molecule has 3 aliphatic heterocycles. The van der Waals surface area contributed by atoms with Crippen molar-refractivity contribution < 1.29 is 22.3 Å². The van der Waals surface area contributed by atoms with Gasteiger partial charge in [-0.3, -0.25) is 9.88 Å². The second kappa shape index (κ2) is 7.32. The van der Waals surface area contributed by atoms with Crippen LogP contribution in [0.15, 0.2) is 43.1 Å². The maximum Gasteiger partial charge on any atom is 0.119 e. The summed E-state index contributed by atoms with van der Waals surface area (Å²) in [7, 11) is 1.66. The summed E-state index contributed by atoms with van der Waals surface area (Å²) in [5.41, 5.74) is 1.85. The molecule has 25 heavy (non-hydrogen) atoms. The number of pyridine rings is 1. The molecule has 2 bridgehead atoms. The van der Waals surface area contributed by atoms with E-state index in [-0.39, 0.29) is 18.4 Å². The van der Waals surface area contributed by atoms with Gasteiger partial charge in [-0.05, 0) is 61.1 Å². The predicted octanol–water partition coefficient (Wildman–Crippen LogP) is 0.177. The topological polar surface area (TPSA) is 45.6 Å². The zero-order chi connectivity index (χ0) is 16.7. The molecule has 3 saturated heterocycles. The second-order valence-electron chi connectivity index (χ2n) is 6.97. The van der Waals surface area contributed by atoms with Crippen molar-refractivity contribution in [1.82, 2.24) is 9.88 Å². The lowest BCUT2D eigenvalue weighted by molar-refractivity contribution is -0.0444. The number of benzene rings is 1. The number of methoxy groups -OCH3 is 1. The molecule has 134 valence electrons. The van der Waals surface area contributed by atoms with Gasteiger partial charge in [-0.15, -0.1) is 6.58 Å². The molecular formula is C20H24ClN2O2-. The molecular weight excluding hydrogens is 336 g/mol. The van der Waals surface area contributed by atoms with E-state index < -0.39 is 6.10 Å². The van der Waals surface area contributed by atoms with Crippen molar-refractivity contribution in [3.8, 4) is 5.75 Å². The van der Waals surface area contributed by atoms with Crippen LogP contribution < -0.4 is 17.1 Å². The molecule has 0 spiro atoms. The summed E-state index contributed by atoms with van der Waals surface area (Å²) in [6.45, 7) is 6.07. The van der Waals surface area contributed by atoms with E-state index in [0.29, 0.717) is 11.8 Å². The first kappa shape index (κ1) is 18.2. The molecule has 2 aromatic rings. The first-order chi connectivity index (χ1) is 11.7. The molecule has 5 heteroatoms. The average Bonchev–Trinajstić information content (AvgIpc) is 2.66. The summed E-state index contributed by atoms with van der Waals surface area (Å²) in [4.78, 5) is 6.86. The number of rotatable bonds is 4. The van der Waals surface area contributed by atoms with Crippen LogP contribution in [0.5, 0.6) is 5.75 Å². The molecule has 0 aliphatic carbocycles. The molecule has 4 nitrogen and oxygen atoms in total. The molecule has 0 amide bonds. The number of ether oxygens (including phenoxy) is 1. The van der Waals surface area contributed by atoms with Crippen LogP contribution in [-0.4, -0.2) is 41.2 Å². The van der Waals surface area contributed by atoms with Gasteiger partial charge in [0, 0.05) is 24.2 Å². The first-order valence-corrected chi connectivity index (χ1v) is 8.68. The van der Waals surface area contributed by atoms with Crippen molar-refractivity contribution in [3.05, 3.63) is 48.7 Å². The number of aliphatic hydroxyl groups is 1. The minimum atomic E-state index is -0.504. The molecule has 3 aliphatic rings. The van der Waals surface area contributed by atoms with Crippen molar-refractivity contribution >= 4 is 10.9 Å². The number of aromatic nitrogens is 1. The highest BCUT2D eigenvalue weighted by molar-refractivity contribution is 5.83. The fourth-order valence-corrected chi connectivity index (χ4v) is 4.44. The Bertz CT molecular complexity index is 766. The van der Waals surface area contributed by atoms with Crippen molar-refractivity contribution in [2.24, 2.45) is 11.8 Å². The van der Waals surface area contributed by atoms with Crippen LogP contribution in [0.3, 0.4) is 0 Å². The molecule has 4 heterocycles.